The maximum Gasteiger partial charge on any atom is 0.227 e. The van der Waals surface area contributed by atoms with E-state index >= 15 is 0 Å². The van der Waals surface area contributed by atoms with Crippen LogP contribution in [0.1, 0.15) is 30.6 Å². The molecular weight excluding hydrogens is 269 g/mol. The number of benzene rings is 2. The third-order valence-electron chi connectivity index (χ3n) is 3.26. The van der Waals surface area contributed by atoms with E-state index in [1.54, 1.807) is 6.07 Å². The van der Waals surface area contributed by atoms with Crippen LogP contribution in [0.3, 0.4) is 0 Å². The average molecular weight is 287 g/mol. The molecule has 0 spiro atoms. The van der Waals surface area contributed by atoms with Crippen LogP contribution in [0.15, 0.2) is 48.5 Å². The highest BCUT2D eigenvalue weighted by molar-refractivity contribution is 5.91. The van der Waals surface area contributed by atoms with Crippen LogP contribution in [0.2, 0.25) is 0 Å². The Morgan fingerprint density at radius 2 is 1.95 bits per heavy atom. The number of carbonyl (C=O) groups is 1. The van der Waals surface area contributed by atoms with Crippen LogP contribution in [-0.2, 0) is 11.2 Å². The SMILES string of the molecule is CCc1ccc(NC(=O)CC(O)c2cccc(F)c2)cc1. The van der Waals surface area contributed by atoms with Crippen molar-refractivity contribution in [2.45, 2.75) is 25.9 Å². The molecule has 2 aromatic rings. The van der Waals surface area contributed by atoms with Crippen molar-refractivity contribution in [3.05, 3.63) is 65.5 Å². The van der Waals surface area contributed by atoms with Gasteiger partial charge in [-0.05, 0) is 41.8 Å². The van der Waals surface area contributed by atoms with E-state index < -0.39 is 11.9 Å². The number of halogens is 1. The minimum Gasteiger partial charge on any atom is -0.388 e. The van der Waals surface area contributed by atoms with Gasteiger partial charge in [-0.3, -0.25) is 4.79 Å². The number of rotatable bonds is 5. The number of aryl methyl sites for hydroxylation is 1. The lowest BCUT2D eigenvalue weighted by Gasteiger charge is -2.11. The lowest BCUT2D eigenvalue weighted by atomic mass is 10.1. The van der Waals surface area contributed by atoms with Gasteiger partial charge in [0.1, 0.15) is 5.82 Å². The van der Waals surface area contributed by atoms with Crippen molar-refractivity contribution in [1.82, 2.24) is 0 Å². The van der Waals surface area contributed by atoms with Crippen molar-refractivity contribution < 1.29 is 14.3 Å². The lowest BCUT2D eigenvalue weighted by molar-refractivity contribution is -0.118. The van der Waals surface area contributed by atoms with Crippen LogP contribution in [0.5, 0.6) is 0 Å². The van der Waals surface area contributed by atoms with Gasteiger partial charge < -0.3 is 10.4 Å². The van der Waals surface area contributed by atoms with E-state index in [2.05, 4.69) is 12.2 Å². The number of hydrogen-bond donors (Lipinski definition) is 2. The van der Waals surface area contributed by atoms with Crippen LogP contribution in [0.25, 0.3) is 0 Å². The van der Waals surface area contributed by atoms with Gasteiger partial charge in [-0.15, -0.1) is 0 Å². The number of nitrogens with one attached hydrogen (secondary N) is 1. The van der Waals surface area contributed by atoms with Gasteiger partial charge >= 0.3 is 0 Å². The Balaban J connectivity index is 1.94. The fourth-order valence-electron chi connectivity index (χ4n) is 2.04. The highest BCUT2D eigenvalue weighted by Gasteiger charge is 2.13. The van der Waals surface area contributed by atoms with Gasteiger partial charge in [0, 0.05) is 5.69 Å². The summed E-state index contributed by atoms with van der Waals surface area (Å²) in [4.78, 5) is 11.9. The molecule has 0 saturated carbocycles. The maximum absolute atomic E-state index is 13.1. The summed E-state index contributed by atoms with van der Waals surface area (Å²) in [6.45, 7) is 2.06. The zero-order valence-electron chi connectivity index (χ0n) is 11.8. The summed E-state index contributed by atoms with van der Waals surface area (Å²) in [5.41, 5.74) is 2.27. The van der Waals surface area contributed by atoms with Crippen molar-refractivity contribution in [2.24, 2.45) is 0 Å². The molecule has 0 bridgehead atoms. The molecule has 2 N–H and O–H groups in total. The average Bonchev–Trinajstić information content (AvgIpc) is 2.48. The first kappa shape index (κ1) is 15.2. The first-order valence-corrected chi connectivity index (χ1v) is 6.91. The smallest absolute Gasteiger partial charge is 0.227 e. The second kappa shape index (κ2) is 6.99. The van der Waals surface area contributed by atoms with Crippen LogP contribution in [-0.4, -0.2) is 11.0 Å². The molecule has 0 fully saturated rings. The van der Waals surface area contributed by atoms with Gasteiger partial charge in [-0.25, -0.2) is 4.39 Å². The molecule has 0 aliphatic rings. The number of carbonyl (C=O) groups excluding carboxylic acids is 1. The van der Waals surface area contributed by atoms with Crippen LogP contribution in [0, 0.1) is 5.82 Å². The Hall–Kier alpha value is -2.20. The summed E-state index contributed by atoms with van der Waals surface area (Å²) in [5, 5.41) is 12.7. The largest absolute Gasteiger partial charge is 0.388 e. The molecule has 1 amide bonds. The number of anilines is 1. The summed E-state index contributed by atoms with van der Waals surface area (Å²) < 4.78 is 13.1. The third kappa shape index (κ3) is 4.39. The van der Waals surface area contributed by atoms with E-state index in [0.717, 1.165) is 6.42 Å². The molecule has 2 rings (SSSR count). The Morgan fingerprint density at radius 1 is 1.24 bits per heavy atom. The highest BCUT2D eigenvalue weighted by atomic mass is 19.1. The maximum atomic E-state index is 13.1. The molecular formula is C17H18FNO2. The Morgan fingerprint density at radius 3 is 2.57 bits per heavy atom. The van der Waals surface area contributed by atoms with Gasteiger partial charge in [0.15, 0.2) is 0 Å². The van der Waals surface area contributed by atoms with Crippen LogP contribution in [0.4, 0.5) is 10.1 Å². The minimum atomic E-state index is -1.02. The molecule has 110 valence electrons. The Bertz CT molecular complexity index is 610. The molecule has 0 heterocycles. The van der Waals surface area contributed by atoms with E-state index in [1.165, 1.54) is 23.8 Å². The Kier molecular flexibility index (Phi) is 5.06. The standard InChI is InChI=1S/C17H18FNO2/c1-2-12-6-8-15(9-7-12)19-17(21)11-16(20)13-4-3-5-14(18)10-13/h3-10,16,20H,2,11H2,1H3,(H,19,21). The number of aliphatic hydroxyl groups is 1. The molecule has 3 nitrogen and oxygen atoms in total. The summed E-state index contributed by atoms with van der Waals surface area (Å²) in [6, 6.07) is 13.2. The van der Waals surface area contributed by atoms with Crippen molar-refractivity contribution in [1.29, 1.82) is 0 Å². The van der Waals surface area contributed by atoms with Crippen molar-refractivity contribution in [2.75, 3.05) is 5.32 Å². The lowest BCUT2D eigenvalue weighted by Crippen LogP contribution is -2.15. The van der Waals surface area contributed by atoms with Crippen molar-refractivity contribution in [3.8, 4) is 0 Å². The zero-order chi connectivity index (χ0) is 15.2. The summed E-state index contributed by atoms with van der Waals surface area (Å²) >= 11 is 0. The summed E-state index contributed by atoms with van der Waals surface area (Å²) in [7, 11) is 0. The number of aliphatic hydroxyl groups excluding tert-OH is 1. The second-order valence-corrected chi connectivity index (χ2v) is 4.87. The molecule has 1 unspecified atom stereocenters. The molecule has 2 aromatic carbocycles. The second-order valence-electron chi connectivity index (χ2n) is 4.87. The predicted molar refractivity (Wildman–Crippen MR) is 80.4 cm³/mol. The van der Waals surface area contributed by atoms with E-state index in [1.807, 2.05) is 24.3 Å². The van der Waals surface area contributed by atoms with Crippen LogP contribution < -0.4 is 5.32 Å². The molecule has 0 saturated heterocycles. The number of amides is 1. The van der Waals surface area contributed by atoms with Gasteiger partial charge in [0.2, 0.25) is 5.91 Å². The summed E-state index contributed by atoms with van der Waals surface area (Å²) in [5.74, 6) is -0.738. The molecule has 21 heavy (non-hydrogen) atoms. The fraction of sp³-hybridized carbons (Fsp3) is 0.235. The molecule has 0 aliphatic carbocycles. The molecule has 0 radical (unpaired) electrons. The number of hydrogen-bond acceptors (Lipinski definition) is 2. The summed E-state index contributed by atoms with van der Waals surface area (Å²) in [6.07, 6.45) is -0.193. The first-order chi connectivity index (χ1) is 10.1. The normalized spacial score (nSPS) is 12.0. The van der Waals surface area contributed by atoms with E-state index in [-0.39, 0.29) is 12.3 Å². The predicted octanol–water partition coefficient (Wildman–Crippen LogP) is 3.45. The van der Waals surface area contributed by atoms with Gasteiger partial charge in [0.05, 0.1) is 12.5 Å². The molecule has 0 aromatic heterocycles. The fourth-order valence-corrected chi connectivity index (χ4v) is 2.04. The van der Waals surface area contributed by atoms with Gasteiger partial charge in [-0.2, -0.15) is 0 Å². The quantitative estimate of drug-likeness (QED) is 0.885. The van der Waals surface area contributed by atoms with E-state index in [4.69, 9.17) is 0 Å². The third-order valence-corrected chi connectivity index (χ3v) is 3.26. The van der Waals surface area contributed by atoms with Crippen molar-refractivity contribution >= 4 is 11.6 Å². The molecule has 0 aliphatic heterocycles. The van der Waals surface area contributed by atoms with E-state index in [0.29, 0.717) is 11.3 Å². The van der Waals surface area contributed by atoms with Gasteiger partial charge in [0.25, 0.3) is 0 Å². The molecule has 1 atom stereocenters. The highest BCUT2D eigenvalue weighted by Crippen LogP contribution is 2.18. The molecule has 4 heteroatoms. The monoisotopic (exact) mass is 287 g/mol. The zero-order valence-corrected chi connectivity index (χ0v) is 11.8. The van der Waals surface area contributed by atoms with Gasteiger partial charge in [-0.1, -0.05) is 31.2 Å². The topological polar surface area (TPSA) is 49.3 Å². The van der Waals surface area contributed by atoms with E-state index in [9.17, 15) is 14.3 Å². The first-order valence-electron chi connectivity index (χ1n) is 6.91. The van der Waals surface area contributed by atoms with Crippen LogP contribution >= 0.6 is 0 Å². The Labute approximate surface area is 123 Å². The minimum absolute atomic E-state index is 0.112. The van der Waals surface area contributed by atoms with Crippen molar-refractivity contribution in [3.63, 3.8) is 0 Å².